The number of aromatic amines is 1. The fraction of sp³-hybridized carbons (Fsp3) is 0.190. The molecule has 0 radical (unpaired) electrons. The first-order valence-electron chi connectivity index (χ1n) is 8.87. The van der Waals surface area contributed by atoms with Gasteiger partial charge in [-0.3, -0.25) is 4.79 Å². The molecule has 0 aliphatic carbocycles. The van der Waals surface area contributed by atoms with E-state index in [1.54, 1.807) is 19.3 Å². The Morgan fingerprint density at radius 3 is 2.63 bits per heavy atom. The normalized spacial score (nSPS) is 20.0. The highest BCUT2D eigenvalue weighted by molar-refractivity contribution is 6.08. The lowest BCUT2D eigenvalue weighted by Gasteiger charge is -2.20. The van der Waals surface area contributed by atoms with Crippen LogP contribution in [0.25, 0.3) is 10.9 Å². The van der Waals surface area contributed by atoms with E-state index in [0.29, 0.717) is 12.8 Å². The molecule has 1 aliphatic heterocycles. The Labute approximate surface area is 156 Å². The first kappa shape index (κ1) is 17.0. The molecule has 1 atom stereocenters. The lowest BCUT2D eigenvalue weighted by molar-refractivity contribution is -0.130. The zero-order chi connectivity index (χ0) is 18.9. The molecule has 136 valence electrons. The van der Waals surface area contributed by atoms with Crippen LogP contribution in [0.3, 0.4) is 0 Å². The lowest BCUT2D eigenvalue weighted by Crippen LogP contribution is -2.44. The second-order valence-electron chi connectivity index (χ2n) is 6.90. The highest BCUT2D eigenvalue weighted by Gasteiger charge is 2.47. The van der Waals surface area contributed by atoms with Crippen molar-refractivity contribution in [3.05, 3.63) is 71.9 Å². The molecule has 3 aromatic rings. The van der Waals surface area contributed by atoms with E-state index in [4.69, 9.17) is 0 Å². The van der Waals surface area contributed by atoms with Crippen molar-refractivity contribution < 1.29 is 9.59 Å². The van der Waals surface area contributed by atoms with Crippen LogP contribution in [0.5, 0.6) is 0 Å². The summed E-state index contributed by atoms with van der Waals surface area (Å²) < 4.78 is 0. The number of hydrogen-bond acceptors (Lipinski definition) is 3. The van der Waals surface area contributed by atoms with E-state index < -0.39 is 11.6 Å². The van der Waals surface area contributed by atoms with Gasteiger partial charge in [-0.2, -0.15) is 5.10 Å². The summed E-state index contributed by atoms with van der Waals surface area (Å²) in [7, 11) is 0. The summed E-state index contributed by atoms with van der Waals surface area (Å²) in [6.07, 6.45) is 4.56. The maximum atomic E-state index is 12.8. The molecule has 3 amide bonds. The topological polar surface area (TPSA) is 77.6 Å². The molecular formula is C21H20N4O2. The molecule has 1 aliphatic rings. The van der Waals surface area contributed by atoms with Crippen molar-refractivity contribution in [2.45, 2.75) is 25.3 Å². The van der Waals surface area contributed by atoms with Gasteiger partial charge in [0.2, 0.25) is 0 Å². The van der Waals surface area contributed by atoms with Crippen molar-refractivity contribution in [3.8, 4) is 0 Å². The maximum absolute atomic E-state index is 12.8. The Morgan fingerprint density at radius 1 is 1.07 bits per heavy atom. The van der Waals surface area contributed by atoms with Crippen LogP contribution >= 0.6 is 0 Å². The third-order valence-electron chi connectivity index (χ3n) is 4.93. The number of nitrogens with one attached hydrogen (secondary N) is 2. The minimum Gasteiger partial charge on any atom is -0.361 e. The van der Waals surface area contributed by atoms with Gasteiger partial charge in [-0.05, 0) is 31.4 Å². The Bertz CT molecular complexity index is 1020. The molecule has 6 nitrogen and oxygen atoms in total. The number of imide groups is 1. The second kappa shape index (κ2) is 6.72. The number of hydrazone groups is 1. The summed E-state index contributed by atoms with van der Waals surface area (Å²) in [5, 5.41) is 8.85. The number of benzene rings is 2. The molecule has 1 fully saturated rings. The number of H-pyrrole nitrogens is 1. The van der Waals surface area contributed by atoms with Crippen LogP contribution in [0.4, 0.5) is 4.79 Å². The van der Waals surface area contributed by atoms with E-state index in [1.165, 1.54) is 0 Å². The average Bonchev–Trinajstić information content (AvgIpc) is 3.19. The summed E-state index contributed by atoms with van der Waals surface area (Å²) in [5.74, 6) is -0.334. The van der Waals surface area contributed by atoms with Crippen molar-refractivity contribution in [1.29, 1.82) is 0 Å². The third-order valence-corrected chi connectivity index (χ3v) is 4.93. The van der Waals surface area contributed by atoms with E-state index in [-0.39, 0.29) is 5.91 Å². The van der Waals surface area contributed by atoms with Crippen molar-refractivity contribution in [2.24, 2.45) is 5.10 Å². The van der Waals surface area contributed by atoms with Crippen LogP contribution in [-0.2, 0) is 11.2 Å². The highest BCUT2D eigenvalue weighted by atomic mass is 16.2. The van der Waals surface area contributed by atoms with Crippen LogP contribution in [0.15, 0.2) is 65.9 Å². The number of amides is 3. The molecular weight excluding hydrogens is 340 g/mol. The number of rotatable bonds is 5. The highest BCUT2D eigenvalue weighted by Crippen LogP contribution is 2.24. The Kier molecular flexibility index (Phi) is 4.24. The molecule has 0 spiro atoms. The molecule has 0 saturated carbocycles. The number of urea groups is 1. The average molecular weight is 360 g/mol. The number of para-hydroxylation sites is 1. The van der Waals surface area contributed by atoms with Gasteiger partial charge >= 0.3 is 6.03 Å². The summed E-state index contributed by atoms with van der Waals surface area (Å²) in [6, 6.07) is 17.2. The van der Waals surface area contributed by atoms with E-state index >= 15 is 0 Å². The zero-order valence-electron chi connectivity index (χ0n) is 15.0. The SMILES string of the molecule is C[C@]1(CCc2ccccc2)NC(=O)N(/N=C/c2c[nH]c3ccccc23)C1=O. The van der Waals surface area contributed by atoms with Crippen LogP contribution in [0.2, 0.25) is 0 Å². The van der Waals surface area contributed by atoms with Crippen LogP contribution in [-0.4, -0.2) is 33.7 Å². The van der Waals surface area contributed by atoms with Crippen molar-refractivity contribution in [2.75, 3.05) is 0 Å². The van der Waals surface area contributed by atoms with Crippen molar-refractivity contribution in [3.63, 3.8) is 0 Å². The van der Waals surface area contributed by atoms with E-state index in [2.05, 4.69) is 15.4 Å². The number of aromatic nitrogens is 1. The van der Waals surface area contributed by atoms with Crippen molar-refractivity contribution in [1.82, 2.24) is 15.3 Å². The zero-order valence-corrected chi connectivity index (χ0v) is 15.0. The molecule has 2 N–H and O–H groups in total. The lowest BCUT2D eigenvalue weighted by atomic mass is 9.93. The minimum atomic E-state index is -0.954. The largest absolute Gasteiger partial charge is 0.361 e. The first-order chi connectivity index (χ1) is 13.1. The predicted molar refractivity (Wildman–Crippen MR) is 104 cm³/mol. The van der Waals surface area contributed by atoms with Gasteiger partial charge in [-0.15, -0.1) is 5.01 Å². The predicted octanol–water partition coefficient (Wildman–Crippen LogP) is 3.45. The molecule has 1 saturated heterocycles. The van der Waals surface area contributed by atoms with Crippen LogP contribution in [0.1, 0.15) is 24.5 Å². The number of nitrogens with zero attached hydrogens (tertiary/aromatic N) is 2. The third kappa shape index (κ3) is 3.21. The second-order valence-corrected chi connectivity index (χ2v) is 6.90. The van der Waals surface area contributed by atoms with Gasteiger partial charge < -0.3 is 10.3 Å². The van der Waals surface area contributed by atoms with Crippen LogP contribution < -0.4 is 5.32 Å². The number of carbonyl (C=O) groups excluding carboxylic acids is 2. The summed E-state index contributed by atoms with van der Waals surface area (Å²) in [6.45, 7) is 1.75. The van der Waals surface area contributed by atoms with Crippen molar-refractivity contribution >= 4 is 29.1 Å². The van der Waals surface area contributed by atoms with Gasteiger partial charge in [-0.25, -0.2) is 4.79 Å². The Morgan fingerprint density at radius 2 is 1.81 bits per heavy atom. The first-order valence-corrected chi connectivity index (χ1v) is 8.87. The van der Waals surface area contributed by atoms with Gasteiger partial charge in [0, 0.05) is 22.7 Å². The fourth-order valence-corrected chi connectivity index (χ4v) is 3.30. The molecule has 0 bridgehead atoms. The number of hydrogen-bond donors (Lipinski definition) is 2. The molecule has 0 unspecified atom stereocenters. The fourth-order valence-electron chi connectivity index (χ4n) is 3.30. The van der Waals surface area contributed by atoms with Crippen LogP contribution in [0, 0.1) is 0 Å². The quantitative estimate of drug-likeness (QED) is 0.540. The monoisotopic (exact) mass is 360 g/mol. The Hall–Kier alpha value is -3.41. The van der Waals surface area contributed by atoms with E-state index in [9.17, 15) is 9.59 Å². The van der Waals surface area contributed by atoms with Gasteiger partial charge in [-0.1, -0.05) is 48.5 Å². The molecule has 2 heterocycles. The van der Waals surface area contributed by atoms with E-state index in [0.717, 1.165) is 27.0 Å². The smallest absolute Gasteiger partial charge is 0.346 e. The number of aryl methyl sites for hydroxylation is 1. The summed E-state index contributed by atoms with van der Waals surface area (Å²) in [4.78, 5) is 28.3. The standard InChI is InChI=1S/C21H20N4O2/c1-21(12-11-15-7-3-2-4-8-15)19(26)25(20(27)24-21)23-14-16-13-22-18-10-6-5-9-17(16)18/h2-10,13-14,22H,11-12H2,1H3,(H,24,27)/b23-14+/t21-/m1/s1. The molecule has 1 aromatic heterocycles. The molecule has 2 aromatic carbocycles. The van der Waals surface area contributed by atoms with Gasteiger partial charge in [0.15, 0.2) is 0 Å². The molecule has 27 heavy (non-hydrogen) atoms. The van der Waals surface area contributed by atoms with Gasteiger partial charge in [0.05, 0.1) is 6.21 Å². The molecule has 4 rings (SSSR count). The maximum Gasteiger partial charge on any atom is 0.346 e. The summed E-state index contributed by atoms with van der Waals surface area (Å²) in [5.41, 5.74) is 1.97. The van der Waals surface area contributed by atoms with Gasteiger partial charge in [0.1, 0.15) is 5.54 Å². The number of fused-ring (bicyclic) bond motifs is 1. The van der Waals surface area contributed by atoms with Gasteiger partial charge in [0.25, 0.3) is 5.91 Å². The Balaban J connectivity index is 1.50. The minimum absolute atomic E-state index is 0.334. The summed E-state index contributed by atoms with van der Waals surface area (Å²) >= 11 is 0. The molecule has 6 heteroatoms. The van der Waals surface area contributed by atoms with E-state index in [1.807, 2.05) is 54.6 Å². The number of carbonyl (C=O) groups is 2.